The van der Waals surface area contributed by atoms with Crippen LogP contribution in [0.2, 0.25) is 10.0 Å². The Balaban J connectivity index is 1.73. The number of rotatable bonds is 4. The fourth-order valence-corrected chi connectivity index (χ4v) is 3.09. The van der Waals surface area contributed by atoms with Crippen LogP contribution in [0, 0.1) is 0 Å². The Morgan fingerprint density at radius 2 is 1.57 bits per heavy atom. The van der Waals surface area contributed by atoms with E-state index in [0.29, 0.717) is 21.4 Å². The average Bonchev–Trinajstić information content (AvgIpc) is 2.66. The number of nitrogens with one attached hydrogen (secondary N) is 3. The molecule has 0 saturated carbocycles. The molecule has 0 saturated heterocycles. The summed E-state index contributed by atoms with van der Waals surface area (Å²) in [5.41, 5.74) is 1.57. The van der Waals surface area contributed by atoms with E-state index in [1.54, 1.807) is 54.6 Å². The minimum absolute atomic E-state index is 0.112. The standard InChI is InChI=1S/C20H15Cl2N3O2S/c21-12-9-10-16(15(22)11-12)24-20(28)25-17-8-4-7-14(18(17)26)19(27)23-13-5-2-1-3-6-13/h1-11,26H,(H,23,27)(H2,24,25,28). The Bertz CT molecular complexity index is 1030. The highest BCUT2D eigenvalue weighted by Gasteiger charge is 2.15. The van der Waals surface area contributed by atoms with E-state index in [1.165, 1.54) is 6.07 Å². The van der Waals surface area contributed by atoms with Gasteiger partial charge in [0.25, 0.3) is 5.91 Å². The quantitative estimate of drug-likeness (QED) is 0.312. The van der Waals surface area contributed by atoms with Gasteiger partial charge in [0.05, 0.1) is 22.0 Å². The molecule has 0 atom stereocenters. The van der Waals surface area contributed by atoms with Gasteiger partial charge in [-0.15, -0.1) is 0 Å². The van der Waals surface area contributed by atoms with Crippen LogP contribution in [0.15, 0.2) is 66.7 Å². The highest BCUT2D eigenvalue weighted by atomic mass is 35.5. The first-order valence-electron chi connectivity index (χ1n) is 8.15. The lowest BCUT2D eigenvalue weighted by Gasteiger charge is -2.14. The van der Waals surface area contributed by atoms with Gasteiger partial charge in [0.1, 0.15) is 0 Å². The molecule has 0 unspecified atom stereocenters. The second kappa shape index (κ2) is 8.93. The fourth-order valence-electron chi connectivity index (χ4n) is 2.41. The summed E-state index contributed by atoms with van der Waals surface area (Å²) < 4.78 is 0. The highest BCUT2D eigenvalue weighted by molar-refractivity contribution is 7.80. The fraction of sp³-hybridized carbons (Fsp3) is 0. The molecule has 0 bridgehead atoms. The van der Waals surface area contributed by atoms with E-state index in [-0.39, 0.29) is 22.1 Å². The lowest BCUT2D eigenvalue weighted by molar-refractivity contribution is 0.102. The van der Waals surface area contributed by atoms with Gasteiger partial charge >= 0.3 is 0 Å². The van der Waals surface area contributed by atoms with Crippen LogP contribution in [-0.2, 0) is 0 Å². The van der Waals surface area contributed by atoms with E-state index in [1.807, 2.05) is 6.07 Å². The van der Waals surface area contributed by atoms with Crippen molar-refractivity contribution >= 4 is 63.5 Å². The lowest BCUT2D eigenvalue weighted by atomic mass is 10.1. The topological polar surface area (TPSA) is 73.4 Å². The summed E-state index contributed by atoms with van der Waals surface area (Å²) in [4.78, 5) is 12.5. The number of anilines is 3. The second-order valence-corrected chi connectivity index (χ2v) is 6.98. The van der Waals surface area contributed by atoms with Crippen molar-refractivity contribution in [3.63, 3.8) is 0 Å². The molecule has 0 aromatic heterocycles. The van der Waals surface area contributed by atoms with Crippen molar-refractivity contribution in [2.24, 2.45) is 0 Å². The summed E-state index contributed by atoms with van der Waals surface area (Å²) in [6.07, 6.45) is 0. The highest BCUT2D eigenvalue weighted by Crippen LogP contribution is 2.29. The molecule has 0 aliphatic carbocycles. The SMILES string of the molecule is O=C(Nc1ccccc1)c1cccc(NC(=S)Nc2ccc(Cl)cc2Cl)c1O. The molecule has 3 aromatic rings. The zero-order chi connectivity index (χ0) is 20.1. The summed E-state index contributed by atoms with van der Waals surface area (Å²) in [6.45, 7) is 0. The Kier molecular flexibility index (Phi) is 6.36. The first kappa shape index (κ1) is 19.9. The maximum Gasteiger partial charge on any atom is 0.259 e. The van der Waals surface area contributed by atoms with E-state index >= 15 is 0 Å². The van der Waals surface area contributed by atoms with Gasteiger partial charge in [-0.2, -0.15) is 0 Å². The third-order valence-corrected chi connectivity index (χ3v) is 4.49. The lowest BCUT2D eigenvalue weighted by Crippen LogP contribution is -2.20. The normalized spacial score (nSPS) is 10.2. The smallest absolute Gasteiger partial charge is 0.259 e. The van der Waals surface area contributed by atoms with Gasteiger partial charge in [-0.1, -0.05) is 47.5 Å². The van der Waals surface area contributed by atoms with Crippen molar-refractivity contribution in [1.82, 2.24) is 0 Å². The van der Waals surface area contributed by atoms with E-state index < -0.39 is 5.91 Å². The summed E-state index contributed by atoms with van der Waals surface area (Å²) >= 11 is 17.3. The van der Waals surface area contributed by atoms with Crippen LogP contribution in [-0.4, -0.2) is 16.1 Å². The molecule has 0 heterocycles. The largest absolute Gasteiger partial charge is 0.505 e. The Labute approximate surface area is 177 Å². The maximum atomic E-state index is 12.5. The number of carbonyl (C=O) groups is 1. The van der Waals surface area contributed by atoms with Gasteiger partial charge in [-0.05, 0) is 54.7 Å². The summed E-state index contributed by atoms with van der Waals surface area (Å²) in [5.74, 6) is -0.658. The number of benzene rings is 3. The maximum absolute atomic E-state index is 12.5. The summed E-state index contributed by atoms with van der Waals surface area (Å²) in [7, 11) is 0. The number of aromatic hydroxyl groups is 1. The third kappa shape index (κ3) is 4.92. The number of amides is 1. The minimum Gasteiger partial charge on any atom is -0.505 e. The summed E-state index contributed by atoms with van der Waals surface area (Å²) in [5, 5.41) is 20.1. The van der Waals surface area contributed by atoms with E-state index in [2.05, 4.69) is 16.0 Å². The molecule has 5 nitrogen and oxygen atoms in total. The monoisotopic (exact) mass is 431 g/mol. The molecule has 8 heteroatoms. The van der Waals surface area contributed by atoms with Crippen LogP contribution in [0.1, 0.15) is 10.4 Å². The van der Waals surface area contributed by atoms with Crippen LogP contribution in [0.5, 0.6) is 5.75 Å². The van der Waals surface area contributed by atoms with E-state index in [0.717, 1.165) is 0 Å². The number of halogens is 2. The van der Waals surface area contributed by atoms with Gasteiger partial charge in [0.15, 0.2) is 10.9 Å². The number of thiocarbonyl (C=S) groups is 1. The first-order valence-corrected chi connectivity index (χ1v) is 9.32. The predicted octanol–water partition coefficient (Wildman–Crippen LogP) is 5.76. The number of hydrogen-bond acceptors (Lipinski definition) is 3. The van der Waals surface area contributed by atoms with Crippen molar-refractivity contribution in [2.45, 2.75) is 0 Å². The van der Waals surface area contributed by atoms with Crippen LogP contribution in [0.3, 0.4) is 0 Å². The molecular weight excluding hydrogens is 417 g/mol. The molecule has 3 aromatic carbocycles. The zero-order valence-electron chi connectivity index (χ0n) is 14.4. The summed E-state index contributed by atoms with van der Waals surface area (Å²) in [6, 6.07) is 18.7. The van der Waals surface area contributed by atoms with E-state index in [4.69, 9.17) is 35.4 Å². The number of phenolic OH excluding ortho intramolecular Hbond substituents is 1. The van der Waals surface area contributed by atoms with Gasteiger partial charge in [-0.3, -0.25) is 4.79 Å². The molecule has 28 heavy (non-hydrogen) atoms. The molecule has 4 N–H and O–H groups in total. The minimum atomic E-state index is -0.438. The number of carbonyl (C=O) groups excluding carboxylic acids is 1. The average molecular weight is 432 g/mol. The molecule has 0 spiro atoms. The molecule has 0 aliphatic rings. The van der Waals surface area contributed by atoms with Crippen LogP contribution in [0.4, 0.5) is 17.1 Å². The van der Waals surface area contributed by atoms with Crippen molar-refractivity contribution < 1.29 is 9.90 Å². The van der Waals surface area contributed by atoms with Crippen molar-refractivity contribution in [3.05, 3.63) is 82.3 Å². The molecule has 0 fully saturated rings. The first-order chi connectivity index (χ1) is 13.4. The Hall–Kier alpha value is -2.80. The van der Waals surface area contributed by atoms with Crippen LogP contribution in [0.25, 0.3) is 0 Å². The Morgan fingerprint density at radius 1 is 0.857 bits per heavy atom. The Morgan fingerprint density at radius 3 is 2.29 bits per heavy atom. The van der Waals surface area contributed by atoms with Crippen LogP contribution < -0.4 is 16.0 Å². The zero-order valence-corrected chi connectivity index (χ0v) is 16.7. The number of hydrogen-bond donors (Lipinski definition) is 4. The molecule has 0 aliphatic heterocycles. The molecular formula is C20H15Cl2N3O2S. The van der Waals surface area contributed by atoms with Crippen molar-refractivity contribution in [1.29, 1.82) is 0 Å². The van der Waals surface area contributed by atoms with Gasteiger partial charge < -0.3 is 21.1 Å². The molecule has 3 rings (SSSR count). The van der Waals surface area contributed by atoms with Gasteiger partial charge in [0, 0.05) is 10.7 Å². The van der Waals surface area contributed by atoms with Gasteiger partial charge in [0.2, 0.25) is 0 Å². The number of phenols is 1. The van der Waals surface area contributed by atoms with Gasteiger partial charge in [-0.25, -0.2) is 0 Å². The van der Waals surface area contributed by atoms with Crippen molar-refractivity contribution in [2.75, 3.05) is 16.0 Å². The second-order valence-electron chi connectivity index (χ2n) is 5.73. The van der Waals surface area contributed by atoms with E-state index in [9.17, 15) is 9.90 Å². The predicted molar refractivity (Wildman–Crippen MR) is 119 cm³/mol. The molecule has 0 radical (unpaired) electrons. The van der Waals surface area contributed by atoms with Crippen LogP contribution >= 0.6 is 35.4 Å². The van der Waals surface area contributed by atoms with Crippen molar-refractivity contribution in [3.8, 4) is 5.75 Å². The molecule has 1 amide bonds. The number of para-hydroxylation sites is 2. The molecule has 142 valence electrons. The third-order valence-electron chi connectivity index (χ3n) is 3.74.